The lowest BCUT2D eigenvalue weighted by atomic mass is 9.85. The molecule has 1 aliphatic heterocycles. The highest BCUT2D eigenvalue weighted by molar-refractivity contribution is 5.92. The first-order valence-corrected chi connectivity index (χ1v) is 9.55. The average molecular weight is 358 g/mol. The molecule has 2 aromatic rings. The number of likely N-dealkylation sites (tertiary alicyclic amines) is 1. The van der Waals surface area contributed by atoms with E-state index in [4.69, 9.17) is 0 Å². The number of rotatable bonds is 6. The zero-order chi connectivity index (χ0) is 18.7. The molecule has 2 aromatic heterocycles. The Morgan fingerprint density at radius 3 is 2.85 bits per heavy atom. The third-order valence-corrected chi connectivity index (χ3v) is 5.42. The maximum Gasteiger partial charge on any atom is 0.274 e. The number of carbonyl (C=O) groups excluding carboxylic acids is 1. The minimum Gasteiger partial charge on any atom is -0.340 e. The van der Waals surface area contributed by atoms with Gasteiger partial charge in [0.1, 0.15) is 5.69 Å². The van der Waals surface area contributed by atoms with E-state index < -0.39 is 0 Å². The molecule has 2 atom stereocenters. The molecular weight excluding hydrogens is 328 g/mol. The maximum absolute atomic E-state index is 12.8. The van der Waals surface area contributed by atoms with Crippen LogP contribution in [0.25, 0.3) is 0 Å². The van der Waals surface area contributed by atoms with Crippen LogP contribution < -0.4 is 0 Å². The van der Waals surface area contributed by atoms with Gasteiger partial charge in [0.25, 0.3) is 5.91 Å². The van der Waals surface area contributed by atoms with Gasteiger partial charge in [0.2, 0.25) is 0 Å². The lowest BCUT2D eigenvalue weighted by Gasteiger charge is -2.41. The lowest BCUT2D eigenvalue weighted by Crippen LogP contribution is -2.44. The standard InChI is InChI=1S/C19H30N6O/c1-5-16-10-17(22-21-16)19(26)23(3)12-14-8-7-9-25(6-2)18(14)15-11-20-24(4)13-15/h10-11,13-14,18H,5-9,12H2,1-4H3,(H,21,22)/t14-,18+/m0/s1. The quantitative estimate of drug-likeness (QED) is 0.860. The number of carbonyl (C=O) groups is 1. The number of amides is 1. The van der Waals surface area contributed by atoms with Gasteiger partial charge in [0.05, 0.1) is 6.20 Å². The first-order valence-electron chi connectivity index (χ1n) is 9.55. The Morgan fingerprint density at radius 2 is 2.23 bits per heavy atom. The number of hydrogen-bond donors (Lipinski definition) is 1. The lowest BCUT2D eigenvalue weighted by molar-refractivity contribution is 0.0584. The fourth-order valence-corrected chi connectivity index (χ4v) is 4.06. The maximum atomic E-state index is 12.8. The van der Waals surface area contributed by atoms with Crippen molar-refractivity contribution in [2.24, 2.45) is 13.0 Å². The van der Waals surface area contributed by atoms with Gasteiger partial charge in [-0.15, -0.1) is 0 Å². The number of H-pyrrole nitrogens is 1. The van der Waals surface area contributed by atoms with Gasteiger partial charge in [-0.3, -0.25) is 19.5 Å². The summed E-state index contributed by atoms with van der Waals surface area (Å²) in [5.41, 5.74) is 2.74. The van der Waals surface area contributed by atoms with Crippen molar-refractivity contribution >= 4 is 5.91 Å². The van der Waals surface area contributed by atoms with Crippen LogP contribution in [-0.4, -0.2) is 62.4 Å². The molecule has 7 nitrogen and oxygen atoms in total. The van der Waals surface area contributed by atoms with Crippen LogP contribution in [0.1, 0.15) is 54.5 Å². The number of aryl methyl sites for hydroxylation is 2. The Balaban J connectivity index is 1.75. The largest absolute Gasteiger partial charge is 0.340 e. The number of nitrogens with one attached hydrogen (secondary N) is 1. The predicted molar refractivity (Wildman–Crippen MR) is 101 cm³/mol. The molecule has 1 N–H and O–H groups in total. The molecule has 0 spiro atoms. The van der Waals surface area contributed by atoms with Crippen molar-refractivity contribution in [3.8, 4) is 0 Å². The van der Waals surface area contributed by atoms with E-state index in [1.807, 2.05) is 42.9 Å². The topological polar surface area (TPSA) is 70.1 Å². The van der Waals surface area contributed by atoms with Crippen molar-refractivity contribution in [2.75, 3.05) is 26.7 Å². The molecule has 3 heterocycles. The Bertz CT molecular complexity index is 736. The summed E-state index contributed by atoms with van der Waals surface area (Å²) in [5, 5.41) is 11.5. The van der Waals surface area contributed by atoms with Gasteiger partial charge in [-0.2, -0.15) is 10.2 Å². The summed E-state index contributed by atoms with van der Waals surface area (Å²) in [5.74, 6) is 0.381. The summed E-state index contributed by atoms with van der Waals surface area (Å²) in [4.78, 5) is 17.1. The molecule has 0 bridgehead atoms. The average Bonchev–Trinajstić information content (AvgIpc) is 3.29. The van der Waals surface area contributed by atoms with Crippen LogP contribution in [0.2, 0.25) is 0 Å². The molecule has 1 aliphatic rings. The summed E-state index contributed by atoms with van der Waals surface area (Å²) >= 11 is 0. The molecule has 26 heavy (non-hydrogen) atoms. The van der Waals surface area contributed by atoms with E-state index in [2.05, 4.69) is 33.3 Å². The molecule has 0 aliphatic carbocycles. The molecule has 1 fully saturated rings. The highest BCUT2D eigenvalue weighted by atomic mass is 16.2. The van der Waals surface area contributed by atoms with Crippen molar-refractivity contribution < 1.29 is 4.79 Å². The Morgan fingerprint density at radius 1 is 1.42 bits per heavy atom. The molecule has 1 saturated heterocycles. The molecule has 0 aromatic carbocycles. The van der Waals surface area contributed by atoms with Crippen molar-refractivity contribution in [3.05, 3.63) is 35.4 Å². The second-order valence-corrected chi connectivity index (χ2v) is 7.24. The fourth-order valence-electron chi connectivity index (χ4n) is 4.06. The molecular formula is C19H30N6O. The minimum atomic E-state index is -0.0143. The third-order valence-electron chi connectivity index (χ3n) is 5.42. The predicted octanol–water partition coefficient (Wildman–Crippen LogP) is 2.25. The summed E-state index contributed by atoms with van der Waals surface area (Å²) in [6, 6.07) is 2.17. The van der Waals surface area contributed by atoms with Crippen molar-refractivity contribution in [2.45, 2.75) is 39.2 Å². The van der Waals surface area contributed by atoms with E-state index in [1.165, 1.54) is 12.0 Å². The molecule has 0 saturated carbocycles. The zero-order valence-electron chi connectivity index (χ0n) is 16.3. The van der Waals surface area contributed by atoms with Gasteiger partial charge in [-0.05, 0) is 44.3 Å². The van der Waals surface area contributed by atoms with E-state index >= 15 is 0 Å². The smallest absolute Gasteiger partial charge is 0.274 e. The minimum absolute atomic E-state index is 0.0143. The summed E-state index contributed by atoms with van der Waals surface area (Å²) in [6.45, 7) is 7.08. The molecule has 0 radical (unpaired) electrons. The zero-order valence-corrected chi connectivity index (χ0v) is 16.3. The van der Waals surface area contributed by atoms with Crippen LogP contribution in [0.3, 0.4) is 0 Å². The van der Waals surface area contributed by atoms with Crippen molar-refractivity contribution in [3.63, 3.8) is 0 Å². The number of piperidine rings is 1. The number of nitrogens with zero attached hydrogens (tertiary/aromatic N) is 5. The van der Waals surface area contributed by atoms with Gasteiger partial charge in [0, 0.05) is 44.1 Å². The summed E-state index contributed by atoms with van der Waals surface area (Å²) < 4.78 is 1.86. The number of aromatic amines is 1. The molecule has 0 unspecified atom stereocenters. The van der Waals surface area contributed by atoms with Crippen LogP contribution in [0.4, 0.5) is 0 Å². The van der Waals surface area contributed by atoms with E-state index in [1.54, 1.807) is 0 Å². The normalized spacial score (nSPS) is 21.1. The number of aromatic nitrogens is 4. The fraction of sp³-hybridized carbons (Fsp3) is 0.632. The third kappa shape index (κ3) is 3.82. The summed E-state index contributed by atoms with van der Waals surface area (Å²) in [6.07, 6.45) is 7.21. The highest BCUT2D eigenvalue weighted by Crippen LogP contribution is 2.36. The Labute approximate surface area is 155 Å². The van der Waals surface area contributed by atoms with Crippen LogP contribution in [-0.2, 0) is 13.5 Å². The summed E-state index contributed by atoms with van der Waals surface area (Å²) in [7, 11) is 3.84. The van der Waals surface area contributed by atoms with Crippen LogP contribution in [0.5, 0.6) is 0 Å². The van der Waals surface area contributed by atoms with Crippen LogP contribution >= 0.6 is 0 Å². The van der Waals surface area contributed by atoms with Gasteiger partial charge in [0.15, 0.2) is 0 Å². The molecule has 3 rings (SSSR count). The van der Waals surface area contributed by atoms with Gasteiger partial charge in [-0.25, -0.2) is 0 Å². The van der Waals surface area contributed by atoms with Crippen LogP contribution in [0.15, 0.2) is 18.5 Å². The van der Waals surface area contributed by atoms with Gasteiger partial charge < -0.3 is 4.90 Å². The molecule has 7 heteroatoms. The highest BCUT2D eigenvalue weighted by Gasteiger charge is 2.34. The van der Waals surface area contributed by atoms with E-state index in [-0.39, 0.29) is 5.91 Å². The van der Waals surface area contributed by atoms with Crippen molar-refractivity contribution in [1.29, 1.82) is 0 Å². The molecule has 142 valence electrons. The van der Waals surface area contributed by atoms with Gasteiger partial charge in [-0.1, -0.05) is 13.8 Å². The Hall–Kier alpha value is -2.15. The van der Waals surface area contributed by atoms with Crippen molar-refractivity contribution in [1.82, 2.24) is 29.8 Å². The van der Waals surface area contributed by atoms with Gasteiger partial charge >= 0.3 is 0 Å². The van der Waals surface area contributed by atoms with E-state index in [0.717, 1.165) is 38.2 Å². The monoisotopic (exact) mass is 358 g/mol. The van der Waals surface area contributed by atoms with E-state index in [0.29, 0.717) is 17.7 Å². The van der Waals surface area contributed by atoms with E-state index in [9.17, 15) is 4.79 Å². The first-order chi connectivity index (χ1) is 12.5. The first kappa shape index (κ1) is 18.6. The Kier molecular flexibility index (Phi) is 5.76. The SMILES string of the molecule is CCc1cc(C(=O)N(C)C[C@@H]2CCCN(CC)[C@H]2c2cnn(C)c2)n[nH]1. The second kappa shape index (κ2) is 8.03. The van der Waals surface area contributed by atoms with Crippen LogP contribution in [0, 0.1) is 5.92 Å². The molecule has 1 amide bonds. The second-order valence-electron chi connectivity index (χ2n) is 7.24. The number of hydrogen-bond acceptors (Lipinski definition) is 4.